The molecule has 1 amide bonds. The van der Waals surface area contributed by atoms with Crippen molar-refractivity contribution in [2.45, 2.75) is 25.8 Å². The third-order valence-electron chi connectivity index (χ3n) is 3.15. The molecule has 0 unspecified atom stereocenters. The van der Waals surface area contributed by atoms with E-state index >= 15 is 0 Å². The smallest absolute Gasteiger partial charge is 0.357 e. The van der Waals surface area contributed by atoms with Crippen LogP contribution in [0, 0.1) is 0 Å². The summed E-state index contributed by atoms with van der Waals surface area (Å²) in [6.45, 7) is 2.26. The molecule has 0 aliphatic carbocycles. The molecule has 1 atom stereocenters. The van der Waals surface area contributed by atoms with Crippen molar-refractivity contribution >= 4 is 38.4 Å². The largest absolute Gasteiger partial charge is 0.461 e. The normalized spacial score (nSPS) is 19.1. The van der Waals surface area contributed by atoms with E-state index in [2.05, 4.69) is 10.3 Å². The fraction of sp³-hybridized carbons (Fsp3) is 0.583. The Hall–Kier alpha value is -1.52. The minimum absolute atomic E-state index is 0.119. The van der Waals surface area contributed by atoms with E-state index in [1.54, 1.807) is 6.92 Å². The van der Waals surface area contributed by atoms with Gasteiger partial charge in [0.2, 0.25) is 15.9 Å². The number of carbonyl (C=O) groups excluding carboxylic acids is 2. The lowest BCUT2D eigenvalue weighted by Gasteiger charge is -2.20. The number of anilines is 1. The summed E-state index contributed by atoms with van der Waals surface area (Å²) in [6, 6.07) is -0.732. The topological polar surface area (TPSA) is 106 Å². The maximum absolute atomic E-state index is 12.2. The van der Waals surface area contributed by atoms with Crippen LogP contribution in [0.25, 0.3) is 0 Å². The highest BCUT2D eigenvalue weighted by atomic mass is 32.2. The molecule has 0 saturated carbocycles. The SMILES string of the molecule is CCOC(=O)c1csc(NC(=O)[C@@H]2CCCN2S(C)(=O)=O)n1. The minimum Gasteiger partial charge on any atom is -0.461 e. The molecule has 1 saturated heterocycles. The van der Waals surface area contributed by atoms with Gasteiger partial charge in [0.1, 0.15) is 6.04 Å². The van der Waals surface area contributed by atoms with Gasteiger partial charge in [-0.05, 0) is 19.8 Å². The lowest BCUT2D eigenvalue weighted by molar-refractivity contribution is -0.119. The van der Waals surface area contributed by atoms with Crippen LogP contribution in [0.5, 0.6) is 0 Å². The van der Waals surface area contributed by atoms with Gasteiger partial charge in [-0.2, -0.15) is 4.31 Å². The monoisotopic (exact) mass is 347 g/mol. The van der Waals surface area contributed by atoms with Gasteiger partial charge in [-0.25, -0.2) is 18.2 Å². The number of esters is 1. The fourth-order valence-electron chi connectivity index (χ4n) is 2.22. The first-order valence-electron chi connectivity index (χ1n) is 6.73. The van der Waals surface area contributed by atoms with Crippen LogP contribution >= 0.6 is 11.3 Å². The number of nitrogens with one attached hydrogen (secondary N) is 1. The van der Waals surface area contributed by atoms with E-state index in [1.807, 2.05) is 0 Å². The number of nitrogens with zero attached hydrogens (tertiary/aromatic N) is 2. The van der Waals surface area contributed by atoms with Gasteiger partial charge >= 0.3 is 5.97 Å². The number of rotatable bonds is 5. The number of hydrogen-bond donors (Lipinski definition) is 1. The number of aromatic nitrogens is 1. The Bertz CT molecular complexity index is 670. The minimum atomic E-state index is -3.42. The lowest BCUT2D eigenvalue weighted by atomic mass is 10.2. The van der Waals surface area contributed by atoms with Crippen molar-refractivity contribution in [2.75, 3.05) is 24.7 Å². The Kier molecular flexibility index (Phi) is 5.14. The van der Waals surface area contributed by atoms with Gasteiger partial charge in [0, 0.05) is 11.9 Å². The Balaban J connectivity index is 2.05. The molecule has 1 aliphatic heterocycles. The lowest BCUT2D eigenvalue weighted by Crippen LogP contribution is -2.42. The molecular weight excluding hydrogens is 330 g/mol. The van der Waals surface area contributed by atoms with Crippen LogP contribution in [-0.2, 0) is 19.6 Å². The van der Waals surface area contributed by atoms with E-state index in [4.69, 9.17) is 4.74 Å². The molecule has 1 fully saturated rings. The molecule has 2 heterocycles. The van der Waals surface area contributed by atoms with Crippen LogP contribution in [-0.4, -0.2) is 55.0 Å². The average Bonchev–Trinajstić information content (AvgIpc) is 3.06. The zero-order valence-electron chi connectivity index (χ0n) is 12.2. The second-order valence-corrected chi connectivity index (χ2v) is 7.57. The first-order chi connectivity index (χ1) is 10.3. The fourth-order valence-corrected chi connectivity index (χ4v) is 4.02. The molecule has 0 bridgehead atoms. The summed E-state index contributed by atoms with van der Waals surface area (Å²) < 4.78 is 29.3. The number of amides is 1. The van der Waals surface area contributed by atoms with Gasteiger partial charge in [0.15, 0.2) is 10.8 Å². The van der Waals surface area contributed by atoms with Crippen molar-refractivity contribution in [1.29, 1.82) is 0 Å². The Morgan fingerprint density at radius 2 is 2.27 bits per heavy atom. The molecule has 1 aromatic heterocycles. The van der Waals surface area contributed by atoms with Gasteiger partial charge in [-0.3, -0.25) is 4.79 Å². The molecule has 10 heteroatoms. The van der Waals surface area contributed by atoms with Gasteiger partial charge in [0.05, 0.1) is 12.9 Å². The van der Waals surface area contributed by atoms with Gasteiger partial charge in [0.25, 0.3) is 0 Å². The van der Waals surface area contributed by atoms with Crippen molar-refractivity contribution < 1.29 is 22.7 Å². The quantitative estimate of drug-likeness (QED) is 0.785. The number of ether oxygens (including phenoxy) is 1. The molecule has 8 nitrogen and oxygen atoms in total. The maximum Gasteiger partial charge on any atom is 0.357 e. The van der Waals surface area contributed by atoms with Gasteiger partial charge in [-0.15, -0.1) is 11.3 Å². The summed E-state index contributed by atoms with van der Waals surface area (Å²) >= 11 is 1.09. The third kappa shape index (κ3) is 3.81. The second kappa shape index (κ2) is 6.71. The second-order valence-electron chi connectivity index (χ2n) is 4.78. The van der Waals surface area contributed by atoms with E-state index in [9.17, 15) is 18.0 Å². The van der Waals surface area contributed by atoms with Crippen molar-refractivity contribution in [1.82, 2.24) is 9.29 Å². The van der Waals surface area contributed by atoms with E-state index in [0.29, 0.717) is 19.4 Å². The number of thiazole rings is 1. The number of sulfonamides is 1. The molecule has 1 aromatic rings. The van der Waals surface area contributed by atoms with Gasteiger partial charge in [-0.1, -0.05) is 0 Å². The summed E-state index contributed by atoms with van der Waals surface area (Å²) in [6.07, 6.45) is 2.19. The third-order valence-corrected chi connectivity index (χ3v) is 5.20. The molecule has 0 spiro atoms. The number of carbonyl (C=O) groups is 2. The Morgan fingerprint density at radius 3 is 2.91 bits per heavy atom. The molecule has 122 valence electrons. The predicted octanol–water partition coefficient (Wildman–Crippen LogP) is 0.682. The summed E-state index contributed by atoms with van der Waals surface area (Å²) in [5.41, 5.74) is 0.119. The van der Waals surface area contributed by atoms with Crippen molar-refractivity contribution in [3.63, 3.8) is 0 Å². The maximum atomic E-state index is 12.2. The summed E-state index contributed by atoms with van der Waals surface area (Å²) in [7, 11) is -3.42. The summed E-state index contributed by atoms with van der Waals surface area (Å²) in [5, 5.41) is 4.28. The van der Waals surface area contributed by atoms with Crippen LogP contribution < -0.4 is 5.32 Å². The first kappa shape index (κ1) is 16.8. The Labute approximate surface area is 132 Å². The van der Waals surface area contributed by atoms with Gasteiger partial charge < -0.3 is 10.1 Å². The van der Waals surface area contributed by atoms with E-state index in [-0.39, 0.29) is 17.4 Å². The zero-order valence-corrected chi connectivity index (χ0v) is 13.9. The molecule has 1 aliphatic rings. The van der Waals surface area contributed by atoms with E-state index in [0.717, 1.165) is 17.6 Å². The highest BCUT2D eigenvalue weighted by Gasteiger charge is 2.36. The molecule has 1 N–H and O–H groups in total. The van der Waals surface area contributed by atoms with Crippen molar-refractivity contribution in [3.8, 4) is 0 Å². The van der Waals surface area contributed by atoms with Crippen LogP contribution in [0.4, 0.5) is 5.13 Å². The van der Waals surface area contributed by atoms with Crippen LogP contribution in [0.3, 0.4) is 0 Å². The molecular formula is C12H17N3O5S2. The predicted molar refractivity (Wildman–Crippen MR) is 81.3 cm³/mol. The summed E-state index contributed by atoms with van der Waals surface area (Å²) in [4.78, 5) is 27.7. The number of hydrogen-bond acceptors (Lipinski definition) is 7. The molecule has 22 heavy (non-hydrogen) atoms. The molecule has 2 rings (SSSR count). The van der Waals surface area contributed by atoms with E-state index in [1.165, 1.54) is 9.69 Å². The Morgan fingerprint density at radius 1 is 1.55 bits per heavy atom. The molecule has 0 radical (unpaired) electrons. The van der Waals surface area contributed by atoms with Crippen molar-refractivity contribution in [3.05, 3.63) is 11.1 Å². The van der Waals surface area contributed by atoms with Crippen LogP contribution in [0.2, 0.25) is 0 Å². The van der Waals surface area contributed by atoms with Crippen LogP contribution in [0.15, 0.2) is 5.38 Å². The van der Waals surface area contributed by atoms with Crippen LogP contribution in [0.1, 0.15) is 30.3 Å². The standard InChI is InChI=1S/C12H17N3O5S2/c1-3-20-11(17)8-7-21-12(13-8)14-10(16)9-5-4-6-15(9)22(2,18)19/h7,9H,3-6H2,1-2H3,(H,13,14,16)/t9-/m0/s1. The van der Waals surface area contributed by atoms with Crippen molar-refractivity contribution in [2.24, 2.45) is 0 Å². The first-order valence-corrected chi connectivity index (χ1v) is 9.46. The highest BCUT2D eigenvalue weighted by molar-refractivity contribution is 7.88. The highest BCUT2D eigenvalue weighted by Crippen LogP contribution is 2.23. The average molecular weight is 347 g/mol. The van der Waals surface area contributed by atoms with E-state index < -0.39 is 27.9 Å². The summed E-state index contributed by atoms with van der Waals surface area (Å²) in [5.74, 6) is -0.995. The zero-order chi connectivity index (χ0) is 16.3. The molecule has 0 aromatic carbocycles.